The number of carbonyl (C=O) groups is 1. The molecule has 2 rings (SSSR count). The maximum atomic E-state index is 12.6. The fourth-order valence-electron chi connectivity index (χ4n) is 2.29. The molecule has 0 saturated carbocycles. The molecule has 0 aliphatic carbocycles. The van der Waals surface area contributed by atoms with E-state index in [2.05, 4.69) is 10.0 Å². The van der Waals surface area contributed by atoms with Crippen LogP contribution in [0.25, 0.3) is 0 Å². The maximum Gasteiger partial charge on any atom is 0.241 e. The Labute approximate surface area is 153 Å². The minimum atomic E-state index is -3.85. The topological polar surface area (TPSA) is 75.3 Å². The number of sulfonamides is 1. The van der Waals surface area contributed by atoms with Gasteiger partial charge in [0.1, 0.15) is 6.04 Å². The van der Waals surface area contributed by atoms with Gasteiger partial charge >= 0.3 is 0 Å². The highest BCUT2D eigenvalue weighted by Gasteiger charge is 2.26. The highest BCUT2D eigenvalue weighted by atomic mass is 35.5. The van der Waals surface area contributed by atoms with E-state index < -0.39 is 16.1 Å². The molecule has 0 fully saturated rings. The van der Waals surface area contributed by atoms with E-state index in [9.17, 15) is 13.2 Å². The molecule has 0 saturated heterocycles. The lowest BCUT2D eigenvalue weighted by molar-refractivity contribution is -0.123. The van der Waals surface area contributed by atoms with Crippen molar-refractivity contribution in [2.75, 3.05) is 0 Å². The molecule has 2 aromatic rings. The van der Waals surface area contributed by atoms with Gasteiger partial charge in [-0.05, 0) is 50.1 Å². The molecule has 1 atom stereocenters. The summed E-state index contributed by atoms with van der Waals surface area (Å²) in [5.41, 5.74) is 0.866. The number of nitrogens with one attached hydrogen (secondary N) is 2. The third-order valence-electron chi connectivity index (χ3n) is 3.45. The minimum Gasteiger partial charge on any atom is -0.353 e. The minimum absolute atomic E-state index is 0.0623. The van der Waals surface area contributed by atoms with E-state index in [1.165, 1.54) is 24.3 Å². The van der Waals surface area contributed by atoms with Crippen LogP contribution in [0, 0.1) is 0 Å². The normalized spacial score (nSPS) is 12.8. The number of rotatable bonds is 7. The second-order valence-corrected chi connectivity index (χ2v) is 8.13. The zero-order valence-corrected chi connectivity index (χ0v) is 15.6. The molecule has 0 aromatic heterocycles. The molecule has 1 amide bonds. The summed E-state index contributed by atoms with van der Waals surface area (Å²) in [7, 11) is -3.85. The summed E-state index contributed by atoms with van der Waals surface area (Å²) in [6.07, 6.45) is 0.256. The lowest BCUT2D eigenvalue weighted by atomic mass is 10.1. The first-order valence-electron chi connectivity index (χ1n) is 7.90. The van der Waals surface area contributed by atoms with Crippen LogP contribution in [0.15, 0.2) is 59.5 Å². The number of benzene rings is 2. The molecule has 2 aromatic carbocycles. The zero-order chi connectivity index (χ0) is 18.4. The summed E-state index contributed by atoms with van der Waals surface area (Å²) in [6, 6.07) is 14.1. The largest absolute Gasteiger partial charge is 0.353 e. The number of amides is 1. The Kier molecular flexibility index (Phi) is 6.58. The molecule has 0 radical (unpaired) electrons. The van der Waals surface area contributed by atoms with Crippen LogP contribution in [0.5, 0.6) is 0 Å². The van der Waals surface area contributed by atoms with Gasteiger partial charge in [0.2, 0.25) is 15.9 Å². The van der Waals surface area contributed by atoms with Crippen LogP contribution < -0.4 is 10.0 Å². The van der Waals surface area contributed by atoms with Crippen molar-refractivity contribution >= 4 is 27.5 Å². The third-order valence-corrected chi connectivity index (χ3v) is 5.19. The Balaban J connectivity index is 2.25. The van der Waals surface area contributed by atoms with E-state index in [1.807, 2.05) is 44.2 Å². The van der Waals surface area contributed by atoms with Crippen molar-refractivity contribution in [2.24, 2.45) is 0 Å². The molecule has 134 valence electrons. The van der Waals surface area contributed by atoms with Crippen LogP contribution in [0.3, 0.4) is 0 Å². The van der Waals surface area contributed by atoms with Crippen molar-refractivity contribution in [3.8, 4) is 0 Å². The molecular weight excluding hydrogens is 360 g/mol. The molecule has 5 nitrogen and oxygen atoms in total. The van der Waals surface area contributed by atoms with Gasteiger partial charge in [0.05, 0.1) is 4.90 Å². The second-order valence-electron chi connectivity index (χ2n) is 5.98. The van der Waals surface area contributed by atoms with E-state index >= 15 is 0 Å². The fraction of sp³-hybridized carbons (Fsp3) is 0.278. The highest BCUT2D eigenvalue weighted by Crippen LogP contribution is 2.15. The van der Waals surface area contributed by atoms with E-state index in [4.69, 9.17) is 11.6 Å². The smallest absolute Gasteiger partial charge is 0.241 e. The van der Waals surface area contributed by atoms with Crippen LogP contribution in [-0.4, -0.2) is 26.4 Å². The first kappa shape index (κ1) is 19.4. The van der Waals surface area contributed by atoms with Crippen molar-refractivity contribution < 1.29 is 13.2 Å². The Hall–Kier alpha value is -1.89. The van der Waals surface area contributed by atoms with Crippen LogP contribution in [-0.2, 0) is 21.2 Å². The van der Waals surface area contributed by atoms with Crippen LogP contribution in [0.4, 0.5) is 0 Å². The molecule has 0 spiro atoms. The summed E-state index contributed by atoms with van der Waals surface area (Å²) < 4.78 is 27.7. The summed E-state index contributed by atoms with van der Waals surface area (Å²) in [5.74, 6) is -0.364. The summed E-state index contributed by atoms with van der Waals surface area (Å²) in [4.78, 5) is 12.5. The highest BCUT2D eigenvalue weighted by molar-refractivity contribution is 7.89. The number of hydrogen-bond donors (Lipinski definition) is 2. The molecule has 7 heteroatoms. The second kappa shape index (κ2) is 8.47. The molecule has 25 heavy (non-hydrogen) atoms. The lowest BCUT2D eigenvalue weighted by Crippen LogP contribution is -2.49. The standard InChI is InChI=1S/C18H21ClN2O3S/c1-13(2)20-18(22)17(12-14-6-4-3-5-7-14)21-25(23,24)16-10-8-15(19)9-11-16/h3-11,13,17,21H,12H2,1-2H3,(H,20,22)/t17-/m0/s1. The predicted octanol–water partition coefficient (Wildman–Crippen LogP) is 2.75. The van der Waals surface area contributed by atoms with Crippen LogP contribution in [0.2, 0.25) is 5.02 Å². The van der Waals surface area contributed by atoms with E-state index in [0.717, 1.165) is 5.56 Å². The van der Waals surface area contributed by atoms with Gasteiger partial charge < -0.3 is 5.32 Å². The van der Waals surface area contributed by atoms with E-state index in [1.54, 1.807) is 0 Å². The number of hydrogen-bond acceptors (Lipinski definition) is 3. The third kappa shape index (κ3) is 5.85. The monoisotopic (exact) mass is 380 g/mol. The van der Waals surface area contributed by atoms with Gasteiger partial charge in [0, 0.05) is 11.1 Å². The average Bonchev–Trinajstić information content (AvgIpc) is 2.55. The Bertz CT molecular complexity index is 806. The molecule has 2 N–H and O–H groups in total. The average molecular weight is 381 g/mol. The summed E-state index contributed by atoms with van der Waals surface area (Å²) >= 11 is 5.80. The fourth-order valence-corrected chi connectivity index (χ4v) is 3.61. The lowest BCUT2D eigenvalue weighted by Gasteiger charge is -2.20. The van der Waals surface area contributed by atoms with Gasteiger partial charge in [0.15, 0.2) is 0 Å². The van der Waals surface area contributed by atoms with Gasteiger partial charge in [-0.15, -0.1) is 0 Å². The molecular formula is C18H21ClN2O3S. The van der Waals surface area contributed by atoms with Gasteiger partial charge in [-0.1, -0.05) is 41.9 Å². The van der Waals surface area contributed by atoms with Gasteiger partial charge in [-0.25, -0.2) is 8.42 Å². The van der Waals surface area contributed by atoms with Gasteiger partial charge in [-0.2, -0.15) is 4.72 Å². The van der Waals surface area contributed by atoms with E-state index in [0.29, 0.717) is 5.02 Å². The molecule has 0 aliphatic rings. The SMILES string of the molecule is CC(C)NC(=O)[C@H](Cc1ccccc1)NS(=O)(=O)c1ccc(Cl)cc1. The zero-order valence-electron chi connectivity index (χ0n) is 14.1. The number of carbonyl (C=O) groups excluding carboxylic acids is 1. The van der Waals surface area contributed by atoms with Gasteiger partial charge in [-0.3, -0.25) is 4.79 Å². The van der Waals surface area contributed by atoms with Crippen molar-refractivity contribution in [3.05, 3.63) is 65.2 Å². The van der Waals surface area contributed by atoms with Crippen molar-refractivity contribution in [1.82, 2.24) is 10.0 Å². The first-order chi connectivity index (χ1) is 11.8. The molecule has 0 unspecified atom stereocenters. The Morgan fingerprint density at radius 2 is 1.64 bits per heavy atom. The van der Waals surface area contributed by atoms with Gasteiger partial charge in [0.25, 0.3) is 0 Å². The molecule has 0 bridgehead atoms. The Morgan fingerprint density at radius 3 is 2.20 bits per heavy atom. The van der Waals surface area contributed by atoms with Crippen molar-refractivity contribution in [2.45, 2.75) is 37.2 Å². The van der Waals surface area contributed by atoms with Crippen LogP contribution in [0.1, 0.15) is 19.4 Å². The maximum absolute atomic E-state index is 12.6. The van der Waals surface area contributed by atoms with Crippen LogP contribution >= 0.6 is 11.6 Å². The van der Waals surface area contributed by atoms with Crippen molar-refractivity contribution in [3.63, 3.8) is 0 Å². The molecule has 0 aliphatic heterocycles. The molecule has 0 heterocycles. The quantitative estimate of drug-likeness (QED) is 0.775. The first-order valence-corrected chi connectivity index (χ1v) is 9.76. The summed E-state index contributed by atoms with van der Waals surface area (Å²) in [6.45, 7) is 3.65. The summed E-state index contributed by atoms with van der Waals surface area (Å²) in [5, 5.41) is 3.20. The van der Waals surface area contributed by atoms with Crippen molar-refractivity contribution in [1.29, 1.82) is 0 Å². The number of halogens is 1. The predicted molar refractivity (Wildman–Crippen MR) is 99.0 cm³/mol. The van der Waals surface area contributed by atoms with E-state index in [-0.39, 0.29) is 23.3 Å². The Morgan fingerprint density at radius 1 is 1.04 bits per heavy atom.